The Labute approximate surface area is 181 Å². The largest absolute Gasteiger partial charge is 0.416 e. The molecule has 0 aliphatic carbocycles. The lowest BCUT2D eigenvalue weighted by atomic mass is 10.0. The number of unbranched alkanes of at least 4 members (excludes halogenated alkanes) is 1. The molecule has 0 spiro atoms. The number of alkyl halides is 3. The Morgan fingerprint density at radius 1 is 1.00 bits per heavy atom. The van der Waals surface area contributed by atoms with Crippen molar-refractivity contribution in [2.75, 3.05) is 0 Å². The summed E-state index contributed by atoms with van der Waals surface area (Å²) in [6, 6.07) is 4.89. The first-order chi connectivity index (χ1) is 13.9. The van der Waals surface area contributed by atoms with Crippen molar-refractivity contribution in [1.82, 2.24) is 0 Å². The van der Waals surface area contributed by atoms with Crippen molar-refractivity contribution in [3.05, 3.63) is 41.0 Å². The highest BCUT2D eigenvalue weighted by Gasteiger charge is 2.41. The van der Waals surface area contributed by atoms with Gasteiger partial charge in [0.05, 0.1) is 11.1 Å². The van der Waals surface area contributed by atoms with Crippen molar-refractivity contribution in [2.45, 2.75) is 90.5 Å². The molecule has 0 unspecified atom stereocenters. The van der Waals surface area contributed by atoms with Gasteiger partial charge >= 0.3 is 6.18 Å². The summed E-state index contributed by atoms with van der Waals surface area (Å²) >= 11 is 0. The molecule has 1 nitrogen and oxygen atoms in total. The molecule has 0 bridgehead atoms. The van der Waals surface area contributed by atoms with Crippen molar-refractivity contribution < 1.29 is 18.0 Å². The zero-order valence-electron chi connectivity index (χ0n) is 19.3. The topological polar surface area (TPSA) is 17.1 Å². The summed E-state index contributed by atoms with van der Waals surface area (Å²) in [6.07, 6.45) is -0.664. The smallest absolute Gasteiger partial charge is 0.293 e. The van der Waals surface area contributed by atoms with E-state index < -0.39 is 19.8 Å². The molecule has 0 N–H and O–H groups in total. The molecule has 30 heavy (non-hydrogen) atoms. The molecular formula is C25H35F3OSi. The second kappa shape index (κ2) is 11.0. The van der Waals surface area contributed by atoms with Gasteiger partial charge in [0.25, 0.3) is 0 Å². The number of halogens is 3. The van der Waals surface area contributed by atoms with Gasteiger partial charge in [-0.15, -0.1) is 5.54 Å². The van der Waals surface area contributed by atoms with Gasteiger partial charge in [-0.2, -0.15) is 13.2 Å². The van der Waals surface area contributed by atoms with Gasteiger partial charge in [-0.25, -0.2) is 0 Å². The SMILES string of the molecule is CCCCC(=O)/C(C#C[Si](C(C)C)(C(C)C)C(C)C)=C/c1ccc(C(F)(F)F)cc1. The molecule has 5 heteroatoms. The van der Waals surface area contributed by atoms with Crippen LogP contribution in [0.5, 0.6) is 0 Å². The molecular weight excluding hydrogens is 401 g/mol. The quantitative estimate of drug-likeness (QED) is 0.229. The van der Waals surface area contributed by atoms with Crippen molar-refractivity contribution in [3.8, 4) is 11.5 Å². The molecule has 0 aliphatic heterocycles. The predicted octanol–water partition coefficient (Wildman–Crippen LogP) is 8.07. The van der Waals surface area contributed by atoms with E-state index in [-0.39, 0.29) is 5.78 Å². The Kier molecular flexibility index (Phi) is 9.62. The minimum Gasteiger partial charge on any atom is -0.293 e. The highest BCUT2D eigenvalue weighted by molar-refractivity contribution is 6.90. The maximum Gasteiger partial charge on any atom is 0.416 e. The minimum absolute atomic E-state index is 0.0385. The monoisotopic (exact) mass is 436 g/mol. The van der Waals surface area contributed by atoms with Crippen molar-refractivity contribution in [3.63, 3.8) is 0 Å². The average molecular weight is 437 g/mol. The third kappa shape index (κ3) is 6.60. The summed E-state index contributed by atoms with van der Waals surface area (Å²) in [6.45, 7) is 15.3. The molecule has 0 amide bonds. The Hall–Kier alpha value is -1.80. The molecule has 0 aliphatic rings. The first kappa shape index (κ1) is 26.2. The van der Waals surface area contributed by atoms with Crippen LogP contribution >= 0.6 is 0 Å². The number of allylic oxidation sites excluding steroid dienone is 1. The summed E-state index contributed by atoms with van der Waals surface area (Å²) in [5.74, 6) is 3.17. The molecule has 0 saturated carbocycles. The van der Waals surface area contributed by atoms with Gasteiger partial charge in [0, 0.05) is 6.42 Å². The molecule has 1 rings (SSSR count). The average Bonchev–Trinajstić information content (AvgIpc) is 2.64. The number of hydrogen-bond donors (Lipinski definition) is 0. The van der Waals surface area contributed by atoms with E-state index in [1.165, 1.54) is 12.1 Å². The molecule has 1 aromatic rings. The highest BCUT2D eigenvalue weighted by atomic mass is 28.3. The zero-order valence-corrected chi connectivity index (χ0v) is 20.3. The molecule has 0 aromatic heterocycles. The number of ketones is 1. The van der Waals surface area contributed by atoms with Gasteiger partial charge in [0.15, 0.2) is 5.78 Å². The number of carbonyl (C=O) groups is 1. The van der Waals surface area contributed by atoms with Gasteiger partial charge in [-0.1, -0.05) is 72.9 Å². The van der Waals surface area contributed by atoms with Gasteiger partial charge in [-0.05, 0) is 46.8 Å². The van der Waals surface area contributed by atoms with Crippen LogP contribution in [-0.2, 0) is 11.0 Å². The summed E-state index contributed by atoms with van der Waals surface area (Å²) < 4.78 is 38.5. The molecule has 0 fully saturated rings. The normalized spacial score (nSPS) is 13.0. The number of rotatable bonds is 8. The first-order valence-electron chi connectivity index (χ1n) is 10.8. The first-order valence-corrected chi connectivity index (χ1v) is 13.0. The predicted molar refractivity (Wildman–Crippen MR) is 123 cm³/mol. The van der Waals surface area contributed by atoms with E-state index in [0.717, 1.165) is 25.0 Å². The van der Waals surface area contributed by atoms with Crippen LogP contribution < -0.4 is 0 Å². The lowest BCUT2D eigenvalue weighted by Gasteiger charge is -2.38. The number of benzene rings is 1. The fourth-order valence-corrected chi connectivity index (χ4v) is 9.42. The summed E-state index contributed by atoms with van der Waals surface area (Å²) in [4.78, 5) is 12.8. The second-order valence-corrected chi connectivity index (χ2v) is 14.4. The van der Waals surface area contributed by atoms with Crippen LogP contribution in [-0.4, -0.2) is 13.9 Å². The fraction of sp³-hybridized carbons (Fsp3) is 0.560. The van der Waals surface area contributed by atoms with Crippen molar-refractivity contribution in [2.24, 2.45) is 0 Å². The molecule has 166 valence electrons. The van der Waals surface area contributed by atoms with Gasteiger partial charge in [-0.3, -0.25) is 4.79 Å². The standard InChI is InChI=1S/C25H35F3OSi/c1-8-9-10-24(29)22(15-16-30(18(2)3,19(4)5)20(6)7)17-21-11-13-23(14-12-21)25(26,27)28/h11-14,17-20H,8-10H2,1-7H3/b22-17+. The van der Waals surface area contributed by atoms with Crippen LogP contribution in [0.4, 0.5) is 13.2 Å². The molecule has 0 atom stereocenters. The van der Waals surface area contributed by atoms with Crippen LogP contribution in [0.25, 0.3) is 6.08 Å². The lowest BCUT2D eigenvalue weighted by Crippen LogP contribution is -2.43. The third-order valence-electron chi connectivity index (χ3n) is 5.89. The zero-order chi connectivity index (χ0) is 23.1. The Balaban J connectivity index is 3.46. The van der Waals surface area contributed by atoms with E-state index in [2.05, 4.69) is 53.0 Å². The summed E-state index contributed by atoms with van der Waals surface area (Å²) in [7, 11) is -2.02. The van der Waals surface area contributed by atoms with Gasteiger partial charge < -0.3 is 0 Å². The van der Waals surface area contributed by atoms with Crippen LogP contribution in [0.3, 0.4) is 0 Å². The summed E-state index contributed by atoms with van der Waals surface area (Å²) in [5.41, 5.74) is 5.13. The van der Waals surface area contributed by atoms with Crippen LogP contribution in [0, 0.1) is 11.5 Å². The van der Waals surface area contributed by atoms with E-state index in [4.69, 9.17) is 0 Å². The van der Waals surface area contributed by atoms with E-state index >= 15 is 0 Å². The summed E-state index contributed by atoms with van der Waals surface area (Å²) in [5, 5.41) is 0. The maximum atomic E-state index is 12.8. The lowest BCUT2D eigenvalue weighted by molar-refractivity contribution is -0.137. The van der Waals surface area contributed by atoms with Crippen LogP contribution in [0.15, 0.2) is 29.8 Å². The van der Waals surface area contributed by atoms with Crippen LogP contribution in [0.2, 0.25) is 16.6 Å². The van der Waals surface area contributed by atoms with Crippen molar-refractivity contribution >= 4 is 19.9 Å². The molecule has 0 radical (unpaired) electrons. The molecule has 0 saturated heterocycles. The number of carbonyl (C=O) groups excluding carboxylic acids is 1. The van der Waals surface area contributed by atoms with Crippen molar-refractivity contribution in [1.29, 1.82) is 0 Å². The van der Waals surface area contributed by atoms with Crippen LogP contribution in [0.1, 0.15) is 78.9 Å². The Bertz CT molecular complexity index is 769. The molecule has 0 heterocycles. The van der Waals surface area contributed by atoms with Gasteiger partial charge in [0.1, 0.15) is 8.07 Å². The molecule has 1 aromatic carbocycles. The second-order valence-electron chi connectivity index (χ2n) is 8.85. The third-order valence-corrected chi connectivity index (χ3v) is 12.2. The number of Topliss-reactive ketones (excluding diaryl/α,β-unsaturated/α-hetero) is 1. The van der Waals surface area contributed by atoms with E-state index in [9.17, 15) is 18.0 Å². The Morgan fingerprint density at radius 3 is 1.90 bits per heavy atom. The highest BCUT2D eigenvalue weighted by Crippen LogP contribution is 2.40. The van der Waals surface area contributed by atoms with E-state index in [1.807, 2.05) is 6.92 Å². The fourth-order valence-electron chi connectivity index (χ4n) is 4.20. The minimum atomic E-state index is -4.38. The van der Waals surface area contributed by atoms with Gasteiger partial charge in [0.2, 0.25) is 0 Å². The van der Waals surface area contributed by atoms with E-state index in [1.54, 1.807) is 6.08 Å². The Morgan fingerprint density at radius 2 is 1.50 bits per heavy atom. The number of hydrogen-bond acceptors (Lipinski definition) is 1. The van der Waals surface area contributed by atoms with E-state index in [0.29, 0.717) is 34.2 Å². The maximum absolute atomic E-state index is 12.8.